The molecule has 0 amide bonds. The van der Waals surface area contributed by atoms with Crippen molar-refractivity contribution in [2.75, 3.05) is 5.32 Å². The van der Waals surface area contributed by atoms with Crippen LogP contribution < -0.4 is 5.32 Å². The van der Waals surface area contributed by atoms with E-state index in [1.165, 1.54) is 11.1 Å². The van der Waals surface area contributed by atoms with Crippen molar-refractivity contribution in [2.45, 2.75) is 6.04 Å². The van der Waals surface area contributed by atoms with Crippen LogP contribution >= 0.6 is 0 Å². The monoisotopic (exact) mass is 500 g/mol. The van der Waals surface area contributed by atoms with E-state index in [4.69, 9.17) is 9.40 Å². The van der Waals surface area contributed by atoms with E-state index < -0.39 is 0 Å². The van der Waals surface area contributed by atoms with Crippen LogP contribution in [0, 0.1) is 0 Å². The lowest BCUT2D eigenvalue weighted by molar-refractivity contribution is 0.669. The number of anilines is 1. The van der Waals surface area contributed by atoms with Gasteiger partial charge in [0.2, 0.25) is 0 Å². The van der Waals surface area contributed by atoms with Crippen molar-refractivity contribution in [1.29, 1.82) is 0 Å². The Balaban J connectivity index is 1.16. The van der Waals surface area contributed by atoms with E-state index in [1.54, 1.807) is 0 Å². The van der Waals surface area contributed by atoms with Crippen LogP contribution in [-0.2, 0) is 0 Å². The van der Waals surface area contributed by atoms with Gasteiger partial charge in [0.1, 0.15) is 11.2 Å². The van der Waals surface area contributed by atoms with Crippen molar-refractivity contribution in [3.8, 4) is 22.4 Å². The SMILES string of the molecule is C1=CC(c2cccc(-c3ccc4c(c3)oc3ccccc34)c2)Nc2c1ccc1ccc(-c3ccccc3)nc21. The minimum Gasteiger partial charge on any atom is -0.456 e. The van der Waals surface area contributed by atoms with Gasteiger partial charge < -0.3 is 9.73 Å². The number of benzene rings is 5. The normalized spacial score (nSPS) is 14.5. The molecule has 1 atom stereocenters. The molecule has 3 heteroatoms. The lowest BCUT2D eigenvalue weighted by Crippen LogP contribution is -2.13. The molecule has 8 rings (SSSR count). The average Bonchev–Trinajstić information content (AvgIpc) is 3.39. The van der Waals surface area contributed by atoms with E-state index in [1.807, 2.05) is 18.2 Å². The van der Waals surface area contributed by atoms with E-state index in [0.29, 0.717) is 0 Å². The van der Waals surface area contributed by atoms with Crippen LogP contribution in [0.2, 0.25) is 0 Å². The molecule has 0 saturated carbocycles. The molecule has 3 nitrogen and oxygen atoms in total. The molecule has 0 spiro atoms. The largest absolute Gasteiger partial charge is 0.456 e. The van der Waals surface area contributed by atoms with E-state index in [0.717, 1.165) is 60.9 Å². The van der Waals surface area contributed by atoms with Crippen molar-refractivity contribution in [2.24, 2.45) is 0 Å². The zero-order chi connectivity index (χ0) is 25.8. The fourth-order valence-corrected chi connectivity index (χ4v) is 5.68. The maximum absolute atomic E-state index is 6.15. The summed E-state index contributed by atoms with van der Waals surface area (Å²) in [5.74, 6) is 0. The maximum atomic E-state index is 6.15. The maximum Gasteiger partial charge on any atom is 0.136 e. The first-order chi connectivity index (χ1) is 19.3. The van der Waals surface area contributed by atoms with Gasteiger partial charge in [0.25, 0.3) is 0 Å². The molecule has 184 valence electrons. The third kappa shape index (κ3) is 3.71. The minimum atomic E-state index is 0.0418. The Morgan fingerprint density at radius 1 is 0.615 bits per heavy atom. The third-order valence-electron chi connectivity index (χ3n) is 7.69. The summed E-state index contributed by atoms with van der Waals surface area (Å²) in [6.45, 7) is 0. The van der Waals surface area contributed by atoms with Gasteiger partial charge in [-0.1, -0.05) is 103 Å². The molecule has 3 heterocycles. The van der Waals surface area contributed by atoms with Crippen LogP contribution in [0.4, 0.5) is 5.69 Å². The minimum absolute atomic E-state index is 0.0418. The van der Waals surface area contributed by atoms with Crippen LogP contribution in [0.15, 0.2) is 132 Å². The number of pyridine rings is 1. The predicted molar refractivity (Wildman–Crippen MR) is 162 cm³/mol. The fourth-order valence-electron chi connectivity index (χ4n) is 5.68. The number of furan rings is 1. The summed E-state index contributed by atoms with van der Waals surface area (Å²) in [6.07, 6.45) is 4.44. The second-order valence-corrected chi connectivity index (χ2v) is 10.1. The van der Waals surface area contributed by atoms with Crippen molar-refractivity contribution in [3.05, 3.63) is 139 Å². The van der Waals surface area contributed by atoms with Gasteiger partial charge in [-0.3, -0.25) is 0 Å². The summed E-state index contributed by atoms with van der Waals surface area (Å²) in [5.41, 5.74) is 10.7. The molecule has 2 aromatic heterocycles. The number of rotatable bonds is 3. The van der Waals surface area contributed by atoms with E-state index in [-0.39, 0.29) is 6.04 Å². The first kappa shape index (κ1) is 21.9. The molecule has 0 saturated heterocycles. The van der Waals surface area contributed by atoms with Gasteiger partial charge in [-0.05, 0) is 52.6 Å². The topological polar surface area (TPSA) is 38.1 Å². The first-order valence-corrected chi connectivity index (χ1v) is 13.3. The van der Waals surface area contributed by atoms with Gasteiger partial charge in [0, 0.05) is 21.7 Å². The highest BCUT2D eigenvalue weighted by molar-refractivity contribution is 6.06. The zero-order valence-electron chi connectivity index (χ0n) is 21.1. The number of para-hydroxylation sites is 1. The second kappa shape index (κ2) is 8.71. The summed E-state index contributed by atoms with van der Waals surface area (Å²) in [4.78, 5) is 5.09. The number of fused-ring (bicyclic) bond motifs is 6. The van der Waals surface area contributed by atoms with Gasteiger partial charge >= 0.3 is 0 Å². The molecule has 0 fully saturated rings. The van der Waals surface area contributed by atoms with E-state index in [9.17, 15) is 0 Å². The van der Waals surface area contributed by atoms with Crippen LogP contribution in [-0.4, -0.2) is 4.98 Å². The van der Waals surface area contributed by atoms with E-state index in [2.05, 4.69) is 121 Å². The lowest BCUT2D eigenvalue weighted by atomic mass is 9.95. The molecule has 0 aliphatic carbocycles. The Kier molecular flexibility index (Phi) is 4.89. The van der Waals surface area contributed by atoms with Crippen LogP contribution in [0.25, 0.3) is 61.3 Å². The van der Waals surface area contributed by atoms with Gasteiger partial charge in [0.15, 0.2) is 0 Å². The van der Waals surface area contributed by atoms with Gasteiger partial charge in [0.05, 0.1) is 22.9 Å². The van der Waals surface area contributed by atoms with Gasteiger partial charge in [-0.2, -0.15) is 0 Å². The summed E-state index contributed by atoms with van der Waals surface area (Å²) >= 11 is 0. The molecule has 1 aliphatic rings. The summed E-state index contributed by atoms with van der Waals surface area (Å²) in [7, 11) is 0. The average molecular weight is 501 g/mol. The van der Waals surface area contributed by atoms with Gasteiger partial charge in [-0.25, -0.2) is 4.98 Å². The number of hydrogen-bond acceptors (Lipinski definition) is 3. The van der Waals surface area contributed by atoms with Crippen LogP contribution in [0.3, 0.4) is 0 Å². The highest BCUT2D eigenvalue weighted by Gasteiger charge is 2.19. The third-order valence-corrected chi connectivity index (χ3v) is 7.69. The molecular formula is C36H24N2O. The Hall–Kier alpha value is -5.15. The molecule has 0 bridgehead atoms. The van der Waals surface area contributed by atoms with Crippen molar-refractivity contribution in [3.63, 3.8) is 0 Å². The molecule has 1 aliphatic heterocycles. The van der Waals surface area contributed by atoms with Crippen LogP contribution in [0.1, 0.15) is 17.2 Å². The number of nitrogens with one attached hydrogen (secondary N) is 1. The fraction of sp³-hybridized carbons (Fsp3) is 0.0278. The Labute approximate surface area is 226 Å². The van der Waals surface area contributed by atoms with Crippen molar-refractivity contribution in [1.82, 2.24) is 4.98 Å². The zero-order valence-corrected chi connectivity index (χ0v) is 21.1. The molecule has 0 radical (unpaired) electrons. The predicted octanol–water partition coefficient (Wildman–Crippen LogP) is 9.65. The highest BCUT2D eigenvalue weighted by Crippen LogP contribution is 2.38. The molecule has 1 N–H and O–H groups in total. The quantitative estimate of drug-likeness (QED) is 0.262. The standard InChI is InChI=1S/C36H24N2O/c1-2-7-23(8-3-1)31-19-16-24-13-14-25-17-20-32(38-36(25)35(24)37-31)28-10-6-9-26(21-28)27-15-18-30-29-11-4-5-12-33(29)39-34(30)22-27/h1-22,32,38H. The lowest BCUT2D eigenvalue weighted by Gasteiger charge is -2.24. The molecule has 1 unspecified atom stereocenters. The summed E-state index contributed by atoms with van der Waals surface area (Å²) in [6, 6.07) is 42.4. The highest BCUT2D eigenvalue weighted by atomic mass is 16.3. The van der Waals surface area contributed by atoms with Gasteiger partial charge in [-0.15, -0.1) is 0 Å². The Morgan fingerprint density at radius 3 is 2.36 bits per heavy atom. The Bertz CT molecular complexity index is 2050. The molecule has 7 aromatic rings. The van der Waals surface area contributed by atoms with E-state index >= 15 is 0 Å². The molecule has 39 heavy (non-hydrogen) atoms. The second-order valence-electron chi connectivity index (χ2n) is 10.1. The number of nitrogens with zero attached hydrogens (tertiary/aromatic N) is 1. The summed E-state index contributed by atoms with van der Waals surface area (Å²) < 4.78 is 6.15. The molecular weight excluding hydrogens is 476 g/mol. The van der Waals surface area contributed by atoms with Crippen LogP contribution in [0.5, 0.6) is 0 Å². The summed E-state index contributed by atoms with van der Waals surface area (Å²) in [5, 5.41) is 7.22. The first-order valence-electron chi connectivity index (χ1n) is 13.3. The van der Waals surface area contributed by atoms with Crippen molar-refractivity contribution >= 4 is 44.6 Å². The Morgan fingerprint density at radius 2 is 1.41 bits per heavy atom. The molecule has 5 aromatic carbocycles. The number of aromatic nitrogens is 1. The smallest absolute Gasteiger partial charge is 0.136 e. The number of hydrogen-bond donors (Lipinski definition) is 1. The van der Waals surface area contributed by atoms with Crippen molar-refractivity contribution < 1.29 is 4.42 Å².